The second kappa shape index (κ2) is 7.25. The zero-order valence-corrected chi connectivity index (χ0v) is 14.5. The van der Waals surface area contributed by atoms with Crippen LogP contribution in [0.25, 0.3) is 0 Å². The maximum Gasteiger partial charge on any atom is 0.271 e. The zero-order valence-electron chi connectivity index (χ0n) is 12.9. The van der Waals surface area contributed by atoms with E-state index in [0.717, 1.165) is 18.4 Å². The van der Waals surface area contributed by atoms with Gasteiger partial charge in [-0.1, -0.05) is 0 Å². The van der Waals surface area contributed by atoms with Crippen LogP contribution in [0.5, 0.6) is 0 Å². The van der Waals surface area contributed by atoms with E-state index in [9.17, 15) is 13.2 Å². The topological polar surface area (TPSA) is 78.8 Å². The molecule has 3 rings (SSSR count). The van der Waals surface area contributed by atoms with Crippen molar-refractivity contribution in [2.45, 2.75) is 17.7 Å². The maximum absolute atomic E-state index is 12.4. The quantitative estimate of drug-likeness (QED) is 0.654. The molecule has 1 aliphatic heterocycles. The van der Waals surface area contributed by atoms with E-state index in [1.54, 1.807) is 17.6 Å². The smallest absolute Gasteiger partial charge is 0.267 e. The molecular weight excluding hydrogens is 346 g/mol. The molecule has 1 N–H and O–H groups in total. The van der Waals surface area contributed by atoms with Crippen molar-refractivity contribution in [3.8, 4) is 0 Å². The van der Waals surface area contributed by atoms with Gasteiger partial charge in [-0.05, 0) is 53.9 Å². The summed E-state index contributed by atoms with van der Waals surface area (Å²) in [6.45, 7) is 1.11. The number of sulfonamides is 1. The Morgan fingerprint density at radius 2 is 1.88 bits per heavy atom. The highest BCUT2D eigenvalue weighted by atomic mass is 32.2. The lowest BCUT2D eigenvalue weighted by atomic mass is 10.2. The Kier molecular flexibility index (Phi) is 5.08. The average Bonchev–Trinajstić information content (AvgIpc) is 3.29. The molecule has 1 aromatic carbocycles. The lowest BCUT2D eigenvalue weighted by Gasteiger charge is -2.15. The summed E-state index contributed by atoms with van der Waals surface area (Å²) in [6, 6.07) is 7.81. The van der Waals surface area contributed by atoms with Crippen molar-refractivity contribution in [3.63, 3.8) is 0 Å². The van der Waals surface area contributed by atoms with Crippen LogP contribution in [0.2, 0.25) is 0 Å². The van der Waals surface area contributed by atoms with E-state index in [-0.39, 0.29) is 10.8 Å². The Morgan fingerprint density at radius 3 is 2.50 bits per heavy atom. The van der Waals surface area contributed by atoms with E-state index in [1.165, 1.54) is 28.6 Å². The van der Waals surface area contributed by atoms with Gasteiger partial charge in [0.1, 0.15) is 0 Å². The summed E-state index contributed by atoms with van der Waals surface area (Å²) >= 11 is 1.54. The molecule has 2 aromatic rings. The number of benzene rings is 1. The lowest BCUT2D eigenvalue weighted by Crippen LogP contribution is -2.28. The number of hydrazone groups is 1. The van der Waals surface area contributed by atoms with Crippen molar-refractivity contribution in [1.82, 2.24) is 9.73 Å². The summed E-state index contributed by atoms with van der Waals surface area (Å²) in [5.41, 5.74) is 3.69. The number of carbonyl (C=O) groups is 1. The minimum atomic E-state index is -3.45. The SMILES string of the molecule is O=C(N/N=C\c1ccsc1)c1ccc(S(=O)(=O)N2CCCC2)cc1. The Balaban J connectivity index is 1.66. The molecule has 1 fully saturated rings. The van der Waals surface area contributed by atoms with Crippen LogP contribution in [0, 0.1) is 0 Å². The average molecular weight is 363 g/mol. The first kappa shape index (κ1) is 16.8. The van der Waals surface area contributed by atoms with Crippen LogP contribution in [-0.2, 0) is 10.0 Å². The summed E-state index contributed by atoms with van der Waals surface area (Å²) in [4.78, 5) is 12.2. The molecule has 0 bridgehead atoms. The Bertz CT molecular complexity index is 822. The molecule has 0 unspecified atom stereocenters. The second-order valence-corrected chi connectivity index (χ2v) is 8.11. The summed E-state index contributed by atoms with van der Waals surface area (Å²) in [5, 5.41) is 7.71. The zero-order chi connectivity index (χ0) is 17.0. The molecule has 0 aliphatic carbocycles. The Labute approximate surface area is 144 Å². The number of rotatable bonds is 5. The third kappa shape index (κ3) is 3.72. The van der Waals surface area contributed by atoms with E-state index in [0.29, 0.717) is 18.7 Å². The number of carbonyl (C=O) groups excluding carboxylic acids is 1. The van der Waals surface area contributed by atoms with Gasteiger partial charge in [0.15, 0.2) is 0 Å². The fourth-order valence-electron chi connectivity index (χ4n) is 2.43. The monoisotopic (exact) mass is 363 g/mol. The highest BCUT2D eigenvalue weighted by Gasteiger charge is 2.27. The first-order valence-electron chi connectivity index (χ1n) is 7.53. The van der Waals surface area contributed by atoms with Crippen molar-refractivity contribution in [3.05, 3.63) is 52.2 Å². The largest absolute Gasteiger partial charge is 0.271 e. The Hall–Kier alpha value is -2.03. The van der Waals surface area contributed by atoms with Gasteiger partial charge in [0.2, 0.25) is 10.0 Å². The molecule has 8 heteroatoms. The third-order valence-electron chi connectivity index (χ3n) is 3.74. The normalized spacial score (nSPS) is 15.8. The van der Waals surface area contributed by atoms with E-state index < -0.39 is 10.0 Å². The van der Waals surface area contributed by atoms with Gasteiger partial charge in [0.05, 0.1) is 11.1 Å². The molecule has 0 radical (unpaired) electrons. The minimum Gasteiger partial charge on any atom is -0.267 e. The van der Waals surface area contributed by atoms with Crippen molar-refractivity contribution in [1.29, 1.82) is 0 Å². The van der Waals surface area contributed by atoms with Crippen molar-refractivity contribution < 1.29 is 13.2 Å². The van der Waals surface area contributed by atoms with Crippen molar-refractivity contribution in [2.75, 3.05) is 13.1 Å². The number of amides is 1. The van der Waals surface area contributed by atoms with Crippen LogP contribution in [0.15, 0.2) is 51.1 Å². The van der Waals surface area contributed by atoms with Crippen LogP contribution in [0.1, 0.15) is 28.8 Å². The van der Waals surface area contributed by atoms with E-state index in [4.69, 9.17) is 0 Å². The van der Waals surface area contributed by atoms with Gasteiger partial charge in [-0.2, -0.15) is 20.7 Å². The van der Waals surface area contributed by atoms with Crippen LogP contribution in [0.3, 0.4) is 0 Å². The fourth-order valence-corrected chi connectivity index (χ4v) is 4.56. The molecule has 24 heavy (non-hydrogen) atoms. The van der Waals surface area contributed by atoms with Gasteiger partial charge in [0, 0.05) is 24.2 Å². The maximum atomic E-state index is 12.4. The van der Waals surface area contributed by atoms with Gasteiger partial charge in [0.25, 0.3) is 5.91 Å². The molecule has 126 valence electrons. The summed E-state index contributed by atoms with van der Waals surface area (Å²) < 4.78 is 26.3. The van der Waals surface area contributed by atoms with Crippen LogP contribution in [0.4, 0.5) is 0 Å². The molecule has 1 aliphatic rings. The Morgan fingerprint density at radius 1 is 1.17 bits per heavy atom. The first-order valence-corrected chi connectivity index (χ1v) is 9.91. The fraction of sp³-hybridized carbons (Fsp3) is 0.250. The van der Waals surface area contributed by atoms with Crippen LogP contribution >= 0.6 is 11.3 Å². The molecule has 6 nitrogen and oxygen atoms in total. The number of thiophene rings is 1. The molecule has 0 saturated carbocycles. The van der Waals surface area contributed by atoms with E-state index in [1.807, 2.05) is 16.8 Å². The molecule has 0 atom stereocenters. The van der Waals surface area contributed by atoms with E-state index >= 15 is 0 Å². The van der Waals surface area contributed by atoms with Gasteiger partial charge in [-0.3, -0.25) is 4.79 Å². The minimum absolute atomic E-state index is 0.211. The predicted octanol–water partition coefficient (Wildman–Crippen LogP) is 2.30. The number of nitrogens with one attached hydrogen (secondary N) is 1. The highest BCUT2D eigenvalue weighted by molar-refractivity contribution is 7.89. The molecule has 1 amide bonds. The standard InChI is InChI=1S/C16H17N3O3S2/c20-16(18-17-11-13-7-10-23-12-13)14-3-5-15(6-4-14)24(21,22)19-8-1-2-9-19/h3-7,10-12H,1-2,8-9H2,(H,18,20)/b17-11-. The van der Waals surface area contributed by atoms with Crippen LogP contribution in [-0.4, -0.2) is 37.9 Å². The molecule has 1 aromatic heterocycles. The molecular formula is C16H17N3O3S2. The number of hydrogen-bond acceptors (Lipinski definition) is 5. The third-order valence-corrected chi connectivity index (χ3v) is 6.36. The number of nitrogens with zero attached hydrogens (tertiary/aromatic N) is 2. The van der Waals surface area contributed by atoms with Gasteiger partial charge in [-0.15, -0.1) is 0 Å². The van der Waals surface area contributed by atoms with Crippen molar-refractivity contribution >= 4 is 33.5 Å². The summed E-state index contributed by atoms with van der Waals surface area (Å²) in [7, 11) is -3.45. The van der Waals surface area contributed by atoms with Gasteiger partial charge >= 0.3 is 0 Å². The molecule has 2 heterocycles. The summed E-state index contributed by atoms with van der Waals surface area (Å²) in [6.07, 6.45) is 3.34. The molecule has 1 saturated heterocycles. The highest BCUT2D eigenvalue weighted by Crippen LogP contribution is 2.21. The van der Waals surface area contributed by atoms with Crippen LogP contribution < -0.4 is 5.43 Å². The van der Waals surface area contributed by atoms with Crippen molar-refractivity contribution in [2.24, 2.45) is 5.10 Å². The van der Waals surface area contributed by atoms with Gasteiger partial charge in [-0.25, -0.2) is 13.8 Å². The van der Waals surface area contributed by atoms with E-state index in [2.05, 4.69) is 10.5 Å². The summed E-state index contributed by atoms with van der Waals surface area (Å²) in [5.74, 6) is -0.383. The lowest BCUT2D eigenvalue weighted by molar-refractivity contribution is 0.0955. The predicted molar refractivity (Wildman–Crippen MR) is 93.8 cm³/mol. The molecule has 0 spiro atoms. The first-order chi connectivity index (χ1) is 11.6. The van der Waals surface area contributed by atoms with Gasteiger partial charge < -0.3 is 0 Å². The number of hydrogen-bond donors (Lipinski definition) is 1. The second-order valence-electron chi connectivity index (χ2n) is 5.39.